The molecule has 1 amide bonds. The van der Waals surface area contributed by atoms with Crippen LogP contribution in [-0.4, -0.2) is 50.2 Å². The van der Waals surface area contributed by atoms with Crippen LogP contribution >= 0.6 is 0 Å². The van der Waals surface area contributed by atoms with Crippen LogP contribution in [-0.2, 0) is 14.3 Å². The van der Waals surface area contributed by atoms with Gasteiger partial charge in [-0.25, -0.2) is 0 Å². The molecule has 0 spiro atoms. The molecule has 0 aromatic heterocycles. The van der Waals surface area contributed by atoms with E-state index >= 15 is 0 Å². The first-order valence-electron chi connectivity index (χ1n) is 8.49. The number of carbonyl (C=O) groups excluding carboxylic acids is 2. The van der Waals surface area contributed by atoms with Crippen molar-refractivity contribution < 1.29 is 23.8 Å². The first-order chi connectivity index (χ1) is 11.8. The lowest BCUT2D eigenvalue weighted by Gasteiger charge is -2.29. The molecule has 1 aromatic carbocycles. The van der Waals surface area contributed by atoms with Gasteiger partial charge in [0.1, 0.15) is 18.1 Å². The van der Waals surface area contributed by atoms with Crippen LogP contribution in [0, 0.1) is 5.41 Å². The summed E-state index contributed by atoms with van der Waals surface area (Å²) in [5.41, 5.74) is -0.519. The molecular weight excluding hydrogens is 322 g/mol. The topological polar surface area (TPSA) is 65.1 Å². The van der Waals surface area contributed by atoms with E-state index in [9.17, 15) is 9.59 Å². The first-order valence-corrected chi connectivity index (χ1v) is 8.49. The molecular formula is C19H29NO5. The number of amides is 1. The molecule has 6 heteroatoms. The molecule has 6 nitrogen and oxygen atoms in total. The van der Waals surface area contributed by atoms with Crippen molar-refractivity contribution in [2.24, 2.45) is 5.41 Å². The molecule has 0 aliphatic heterocycles. The molecule has 0 fully saturated rings. The Morgan fingerprint density at radius 2 is 1.64 bits per heavy atom. The van der Waals surface area contributed by atoms with Crippen molar-refractivity contribution in [2.45, 2.75) is 34.1 Å². The number of hydrogen-bond donors (Lipinski definition) is 0. The Balaban J connectivity index is 2.59. The van der Waals surface area contributed by atoms with Gasteiger partial charge in [0.2, 0.25) is 5.91 Å². The molecule has 0 heterocycles. The molecule has 0 atom stereocenters. The van der Waals surface area contributed by atoms with Gasteiger partial charge >= 0.3 is 5.97 Å². The third kappa shape index (κ3) is 7.45. The predicted molar refractivity (Wildman–Crippen MR) is 95.8 cm³/mol. The fraction of sp³-hybridized carbons (Fsp3) is 0.579. The molecule has 0 bridgehead atoms. The standard InChI is InChI=1S/C19H29NO5/c1-6-24-17(21)11-12-20(18(22)19(2,3)4)13-14-25-16-9-7-15(23-5)8-10-16/h7-10H,6,11-14H2,1-5H3. The molecule has 1 aromatic rings. The van der Waals surface area contributed by atoms with Crippen molar-refractivity contribution in [1.29, 1.82) is 0 Å². The highest BCUT2D eigenvalue weighted by Gasteiger charge is 2.27. The van der Waals surface area contributed by atoms with Crippen LogP contribution in [0.3, 0.4) is 0 Å². The van der Waals surface area contributed by atoms with Gasteiger partial charge in [0.25, 0.3) is 0 Å². The first kappa shape index (κ1) is 20.8. The zero-order chi connectivity index (χ0) is 18.9. The fourth-order valence-corrected chi connectivity index (χ4v) is 2.19. The lowest BCUT2D eigenvalue weighted by molar-refractivity contribution is -0.145. The second-order valence-corrected chi connectivity index (χ2v) is 6.62. The summed E-state index contributed by atoms with van der Waals surface area (Å²) in [6.45, 7) is 8.75. The molecule has 1 rings (SSSR count). The third-order valence-corrected chi connectivity index (χ3v) is 3.51. The second-order valence-electron chi connectivity index (χ2n) is 6.62. The van der Waals surface area contributed by atoms with E-state index < -0.39 is 5.41 Å². The largest absolute Gasteiger partial charge is 0.497 e. The fourth-order valence-electron chi connectivity index (χ4n) is 2.19. The van der Waals surface area contributed by atoms with Gasteiger partial charge in [-0.15, -0.1) is 0 Å². The average Bonchev–Trinajstić information content (AvgIpc) is 2.57. The summed E-state index contributed by atoms with van der Waals surface area (Å²) in [4.78, 5) is 25.8. The molecule has 25 heavy (non-hydrogen) atoms. The summed E-state index contributed by atoms with van der Waals surface area (Å²) in [6, 6.07) is 7.25. The van der Waals surface area contributed by atoms with Crippen LogP contribution in [0.25, 0.3) is 0 Å². The van der Waals surface area contributed by atoms with Crippen molar-refractivity contribution in [2.75, 3.05) is 33.4 Å². The van der Waals surface area contributed by atoms with Gasteiger partial charge in [-0.05, 0) is 31.2 Å². The highest BCUT2D eigenvalue weighted by Crippen LogP contribution is 2.19. The maximum atomic E-state index is 12.6. The van der Waals surface area contributed by atoms with Crippen molar-refractivity contribution in [3.63, 3.8) is 0 Å². The Labute approximate surface area is 150 Å². The Hall–Kier alpha value is -2.24. The summed E-state index contributed by atoms with van der Waals surface area (Å²) in [5.74, 6) is 1.14. The maximum absolute atomic E-state index is 12.6. The number of carbonyl (C=O) groups is 2. The number of rotatable bonds is 9. The van der Waals surface area contributed by atoms with Crippen molar-refractivity contribution in [3.8, 4) is 11.5 Å². The summed E-state index contributed by atoms with van der Waals surface area (Å²) < 4.78 is 15.7. The number of ether oxygens (including phenoxy) is 3. The normalized spacial score (nSPS) is 10.9. The molecule has 0 N–H and O–H groups in total. The molecule has 0 aliphatic rings. The Morgan fingerprint density at radius 3 is 2.16 bits per heavy atom. The van der Waals surface area contributed by atoms with E-state index in [-0.39, 0.29) is 18.3 Å². The van der Waals surface area contributed by atoms with Gasteiger partial charge in [0.05, 0.1) is 26.7 Å². The summed E-state index contributed by atoms with van der Waals surface area (Å²) >= 11 is 0. The van der Waals surface area contributed by atoms with Crippen LogP contribution in [0.15, 0.2) is 24.3 Å². The van der Waals surface area contributed by atoms with Gasteiger partial charge in [0.15, 0.2) is 0 Å². The van der Waals surface area contributed by atoms with Crippen LogP contribution in [0.5, 0.6) is 11.5 Å². The number of benzene rings is 1. The highest BCUT2D eigenvalue weighted by molar-refractivity contribution is 5.82. The zero-order valence-corrected chi connectivity index (χ0v) is 15.8. The van der Waals surface area contributed by atoms with Crippen LogP contribution < -0.4 is 9.47 Å². The van der Waals surface area contributed by atoms with Gasteiger partial charge in [0, 0.05) is 12.0 Å². The average molecular weight is 351 g/mol. The van der Waals surface area contributed by atoms with Crippen LogP contribution in [0.1, 0.15) is 34.1 Å². The van der Waals surface area contributed by atoms with Crippen molar-refractivity contribution in [3.05, 3.63) is 24.3 Å². The monoisotopic (exact) mass is 351 g/mol. The molecule has 0 saturated heterocycles. The van der Waals surface area contributed by atoms with Gasteiger partial charge in [-0.1, -0.05) is 20.8 Å². The van der Waals surface area contributed by atoms with Crippen LogP contribution in [0.4, 0.5) is 0 Å². The SMILES string of the molecule is CCOC(=O)CCN(CCOc1ccc(OC)cc1)C(=O)C(C)(C)C. The summed E-state index contributed by atoms with van der Waals surface area (Å²) in [7, 11) is 1.61. The van der Waals surface area contributed by atoms with E-state index in [1.54, 1.807) is 18.9 Å². The van der Waals surface area contributed by atoms with E-state index in [1.165, 1.54) is 0 Å². The zero-order valence-electron chi connectivity index (χ0n) is 15.8. The van der Waals surface area contributed by atoms with E-state index in [4.69, 9.17) is 14.2 Å². The lowest BCUT2D eigenvalue weighted by atomic mass is 9.94. The Bertz CT molecular complexity index is 548. The number of methoxy groups -OCH3 is 1. The predicted octanol–water partition coefficient (Wildman–Crippen LogP) is 2.90. The van der Waals surface area contributed by atoms with Crippen molar-refractivity contribution in [1.82, 2.24) is 4.90 Å². The van der Waals surface area contributed by atoms with Gasteiger partial charge < -0.3 is 19.1 Å². The quantitative estimate of drug-likeness (QED) is 0.640. The minimum atomic E-state index is -0.519. The molecule has 0 aliphatic carbocycles. The minimum Gasteiger partial charge on any atom is -0.497 e. The highest BCUT2D eigenvalue weighted by atomic mass is 16.5. The summed E-state index contributed by atoms with van der Waals surface area (Å²) in [6.07, 6.45) is 0.179. The smallest absolute Gasteiger partial charge is 0.307 e. The number of nitrogens with zero attached hydrogens (tertiary/aromatic N) is 1. The second kappa shape index (κ2) is 9.91. The van der Waals surface area contributed by atoms with Crippen molar-refractivity contribution >= 4 is 11.9 Å². The van der Waals surface area contributed by atoms with Gasteiger partial charge in [-0.3, -0.25) is 9.59 Å². The van der Waals surface area contributed by atoms with E-state index in [1.807, 2.05) is 45.0 Å². The number of hydrogen-bond acceptors (Lipinski definition) is 5. The molecule has 0 radical (unpaired) electrons. The Morgan fingerprint density at radius 1 is 1.04 bits per heavy atom. The number of esters is 1. The molecule has 140 valence electrons. The summed E-state index contributed by atoms with van der Waals surface area (Å²) in [5, 5.41) is 0. The minimum absolute atomic E-state index is 0.0184. The van der Waals surface area contributed by atoms with E-state index in [2.05, 4.69) is 0 Å². The third-order valence-electron chi connectivity index (χ3n) is 3.51. The van der Waals surface area contributed by atoms with E-state index in [0.717, 1.165) is 5.75 Å². The van der Waals surface area contributed by atoms with Crippen LogP contribution in [0.2, 0.25) is 0 Å². The molecule has 0 saturated carbocycles. The Kier molecular flexibility index (Phi) is 8.25. The van der Waals surface area contributed by atoms with E-state index in [0.29, 0.717) is 32.1 Å². The maximum Gasteiger partial charge on any atom is 0.307 e. The van der Waals surface area contributed by atoms with Gasteiger partial charge in [-0.2, -0.15) is 0 Å². The lowest BCUT2D eigenvalue weighted by Crippen LogP contribution is -2.42. The molecule has 0 unspecified atom stereocenters.